The molecule has 2 aromatic heterocycles. The number of hydrogen-bond acceptors (Lipinski definition) is 3. The van der Waals surface area contributed by atoms with Crippen molar-refractivity contribution < 1.29 is 4.42 Å². The summed E-state index contributed by atoms with van der Waals surface area (Å²) >= 11 is 17.1. The molecule has 0 radical (unpaired) electrons. The zero-order valence-corrected chi connectivity index (χ0v) is 12.2. The molecule has 0 saturated heterocycles. The molecule has 0 aliphatic heterocycles. The SMILES string of the molecule is ClC(Cl)=CCN(Cc1ccc(Cl)nc1)c1ccoc1. The number of furan rings is 1. The van der Waals surface area contributed by atoms with Gasteiger partial charge < -0.3 is 9.32 Å². The third-order valence-electron chi connectivity index (χ3n) is 2.50. The number of nitrogens with zero attached hydrogens (tertiary/aromatic N) is 2. The van der Waals surface area contributed by atoms with Crippen LogP contribution < -0.4 is 4.90 Å². The Balaban J connectivity index is 2.13. The molecule has 0 N–H and O–H groups in total. The van der Waals surface area contributed by atoms with E-state index in [1.165, 1.54) is 0 Å². The summed E-state index contributed by atoms with van der Waals surface area (Å²) in [6, 6.07) is 5.56. The smallest absolute Gasteiger partial charge is 0.129 e. The minimum atomic E-state index is 0.239. The van der Waals surface area contributed by atoms with Crippen LogP contribution in [0.5, 0.6) is 0 Å². The number of aromatic nitrogens is 1. The minimum absolute atomic E-state index is 0.239. The standard InChI is InChI=1S/C13H11Cl3N2O/c14-12(15)3-5-18(11-4-6-19-9-11)8-10-1-2-13(16)17-7-10/h1-4,6-7,9H,5,8H2. The third-order valence-corrected chi connectivity index (χ3v) is 3.03. The van der Waals surface area contributed by atoms with Crippen molar-refractivity contribution >= 4 is 40.5 Å². The van der Waals surface area contributed by atoms with E-state index in [1.54, 1.807) is 30.9 Å². The Morgan fingerprint density at radius 1 is 1.32 bits per heavy atom. The first-order chi connectivity index (χ1) is 9.15. The predicted molar refractivity (Wildman–Crippen MR) is 78.8 cm³/mol. The lowest BCUT2D eigenvalue weighted by Crippen LogP contribution is -2.22. The second-order valence-electron chi connectivity index (χ2n) is 3.85. The average Bonchev–Trinajstić information content (AvgIpc) is 2.90. The van der Waals surface area contributed by atoms with Crippen LogP contribution in [0, 0.1) is 0 Å². The molecule has 0 aliphatic carbocycles. The van der Waals surface area contributed by atoms with Gasteiger partial charge >= 0.3 is 0 Å². The lowest BCUT2D eigenvalue weighted by Gasteiger charge is -2.21. The first-order valence-electron chi connectivity index (χ1n) is 5.54. The van der Waals surface area contributed by atoms with E-state index in [1.807, 2.05) is 12.1 Å². The van der Waals surface area contributed by atoms with Gasteiger partial charge in [-0.1, -0.05) is 40.9 Å². The number of halogens is 3. The van der Waals surface area contributed by atoms with E-state index in [0.717, 1.165) is 11.3 Å². The lowest BCUT2D eigenvalue weighted by molar-refractivity contribution is 0.566. The largest absolute Gasteiger partial charge is 0.470 e. The summed E-state index contributed by atoms with van der Waals surface area (Å²) in [5, 5.41) is 0.474. The van der Waals surface area contributed by atoms with Gasteiger partial charge in [0.1, 0.15) is 15.9 Å². The van der Waals surface area contributed by atoms with Gasteiger partial charge in [-0.25, -0.2) is 4.98 Å². The third kappa shape index (κ3) is 4.46. The van der Waals surface area contributed by atoms with Crippen molar-refractivity contribution in [3.8, 4) is 0 Å². The lowest BCUT2D eigenvalue weighted by atomic mass is 10.2. The molecule has 0 bridgehead atoms. The Hall–Kier alpha value is -1.16. The van der Waals surface area contributed by atoms with E-state index >= 15 is 0 Å². The Morgan fingerprint density at radius 2 is 2.16 bits per heavy atom. The van der Waals surface area contributed by atoms with Crippen molar-refractivity contribution in [1.82, 2.24) is 4.98 Å². The molecule has 0 saturated carbocycles. The summed E-state index contributed by atoms with van der Waals surface area (Å²) in [6.07, 6.45) is 6.74. The van der Waals surface area contributed by atoms with Crippen LogP contribution in [-0.2, 0) is 6.54 Å². The van der Waals surface area contributed by atoms with E-state index in [-0.39, 0.29) is 4.49 Å². The van der Waals surface area contributed by atoms with Crippen LogP contribution in [0.2, 0.25) is 5.15 Å². The molecule has 2 aromatic rings. The molecule has 100 valence electrons. The Kier molecular flexibility index (Phi) is 5.14. The molecule has 0 unspecified atom stereocenters. The van der Waals surface area contributed by atoms with Gasteiger partial charge in [-0.3, -0.25) is 0 Å². The number of pyridine rings is 1. The maximum absolute atomic E-state index is 5.77. The van der Waals surface area contributed by atoms with Crippen LogP contribution in [0.1, 0.15) is 5.56 Å². The molecular formula is C13H11Cl3N2O. The van der Waals surface area contributed by atoms with E-state index in [2.05, 4.69) is 9.88 Å². The topological polar surface area (TPSA) is 29.3 Å². The maximum atomic E-state index is 5.77. The Morgan fingerprint density at radius 3 is 2.74 bits per heavy atom. The zero-order chi connectivity index (χ0) is 13.7. The fraction of sp³-hybridized carbons (Fsp3) is 0.154. The highest BCUT2D eigenvalue weighted by atomic mass is 35.5. The predicted octanol–water partition coefficient (Wildman–Crippen LogP) is 4.65. The summed E-state index contributed by atoms with van der Waals surface area (Å²) in [6.45, 7) is 1.23. The molecule has 19 heavy (non-hydrogen) atoms. The molecule has 0 aliphatic rings. The molecule has 0 atom stereocenters. The summed E-state index contributed by atoms with van der Waals surface area (Å²) in [4.78, 5) is 6.11. The van der Waals surface area contributed by atoms with Crippen LogP contribution in [0.3, 0.4) is 0 Å². The monoisotopic (exact) mass is 316 g/mol. The quantitative estimate of drug-likeness (QED) is 0.751. The van der Waals surface area contributed by atoms with Gasteiger partial charge in [0.15, 0.2) is 0 Å². The average molecular weight is 318 g/mol. The molecule has 2 rings (SSSR count). The van der Waals surface area contributed by atoms with Crippen molar-refractivity contribution in [2.45, 2.75) is 6.54 Å². The molecule has 0 amide bonds. The highest BCUT2D eigenvalue weighted by molar-refractivity contribution is 6.55. The maximum Gasteiger partial charge on any atom is 0.129 e. The molecule has 0 spiro atoms. The first-order valence-corrected chi connectivity index (χ1v) is 6.67. The van der Waals surface area contributed by atoms with Gasteiger partial charge in [-0.05, 0) is 23.8 Å². The second-order valence-corrected chi connectivity index (χ2v) is 5.24. The molecule has 3 nitrogen and oxygen atoms in total. The second kappa shape index (κ2) is 6.85. The fourth-order valence-corrected chi connectivity index (χ4v) is 1.85. The summed E-state index contributed by atoms with van der Waals surface area (Å²) in [5.41, 5.74) is 1.98. The van der Waals surface area contributed by atoms with Crippen LogP contribution >= 0.6 is 34.8 Å². The Labute approximate surface area is 126 Å². The van der Waals surface area contributed by atoms with Crippen LogP contribution in [0.25, 0.3) is 0 Å². The van der Waals surface area contributed by atoms with Crippen molar-refractivity contribution in [2.75, 3.05) is 11.4 Å². The van der Waals surface area contributed by atoms with Gasteiger partial charge in [-0.15, -0.1) is 0 Å². The van der Waals surface area contributed by atoms with E-state index in [4.69, 9.17) is 39.2 Å². The highest BCUT2D eigenvalue weighted by Crippen LogP contribution is 2.19. The number of anilines is 1. The van der Waals surface area contributed by atoms with Gasteiger partial charge in [0.05, 0.1) is 12.0 Å². The summed E-state index contributed by atoms with van der Waals surface area (Å²) in [5.74, 6) is 0. The number of rotatable bonds is 5. The van der Waals surface area contributed by atoms with Gasteiger partial charge in [0.25, 0.3) is 0 Å². The van der Waals surface area contributed by atoms with E-state index in [0.29, 0.717) is 18.2 Å². The molecule has 6 heteroatoms. The fourth-order valence-electron chi connectivity index (χ4n) is 1.60. The van der Waals surface area contributed by atoms with E-state index in [9.17, 15) is 0 Å². The van der Waals surface area contributed by atoms with Crippen molar-refractivity contribution in [3.63, 3.8) is 0 Å². The van der Waals surface area contributed by atoms with Gasteiger partial charge in [-0.2, -0.15) is 0 Å². The van der Waals surface area contributed by atoms with Crippen LogP contribution in [0.4, 0.5) is 5.69 Å². The minimum Gasteiger partial charge on any atom is -0.470 e. The molecule has 0 fully saturated rings. The van der Waals surface area contributed by atoms with Gasteiger partial charge in [0.2, 0.25) is 0 Å². The van der Waals surface area contributed by atoms with Crippen LogP contribution in [-0.4, -0.2) is 11.5 Å². The van der Waals surface area contributed by atoms with Crippen molar-refractivity contribution in [2.24, 2.45) is 0 Å². The first kappa shape index (κ1) is 14.3. The molecule has 2 heterocycles. The molecular weight excluding hydrogens is 307 g/mol. The normalized spacial score (nSPS) is 10.3. The number of hydrogen-bond donors (Lipinski definition) is 0. The van der Waals surface area contributed by atoms with E-state index < -0.39 is 0 Å². The van der Waals surface area contributed by atoms with Crippen LogP contribution in [0.15, 0.2) is 51.9 Å². The molecule has 0 aromatic carbocycles. The van der Waals surface area contributed by atoms with Crippen molar-refractivity contribution in [1.29, 1.82) is 0 Å². The highest BCUT2D eigenvalue weighted by Gasteiger charge is 2.08. The Bertz CT molecular complexity index is 534. The zero-order valence-electron chi connectivity index (χ0n) is 9.89. The summed E-state index contributed by atoms with van der Waals surface area (Å²) < 4.78 is 5.33. The van der Waals surface area contributed by atoms with Crippen molar-refractivity contribution in [3.05, 3.63) is 58.2 Å². The summed E-state index contributed by atoms with van der Waals surface area (Å²) in [7, 11) is 0. The van der Waals surface area contributed by atoms with Gasteiger partial charge in [0, 0.05) is 19.3 Å².